The highest BCUT2D eigenvalue weighted by Crippen LogP contribution is 2.19. The molecular formula is C24H28F2N2O4. The van der Waals surface area contributed by atoms with Crippen LogP contribution in [0.5, 0.6) is 0 Å². The largest absolute Gasteiger partial charge is 0.460 e. The molecule has 2 amide bonds. The van der Waals surface area contributed by atoms with Crippen molar-refractivity contribution in [1.29, 1.82) is 0 Å². The van der Waals surface area contributed by atoms with E-state index in [9.17, 15) is 23.2 Å². The molecule has 0 heterocycles. The van der Waals surface area contributed by atoms with Crippen LogP contribution in [0.1, 0.15) is 51.3 Å². The van der Waals surface area contributed by atoms with Gasteiger partial charge in [0.05, 0.1) is 18.9 Å². The van der Waals surface area contributed by atoms with E-state index in [1.165, 1.54) is 6.92 Å². The molecule has 32 heavy (non-hydrogen) atoms. The molecule has 2 rings (SSSR count). The summed E-state index contributed by atoms with van der Waals surface area (Å²) in [5, 5.41) is 5.27. The number of esters is 1. The highest BCUT2D eigenvalue weighted by atomic mass is 19.1. The van der Waals surface area contributed by atoms with Crippen LogP contribution in [0, 0.1) is 11.6 Å². The maximum absolute atomic E-state index is 13.3. The highest BCUT2D eigenvalue weighted by Gasteiger charge is 2.25. The van der Waals surface area contributed by atoms with Crippen molar-refractivity contribution in [1.82, 2.24) is 10.6 Å². The highest BCUT2D eigenvalue weighted by molar-refractivity contribution is 5.88. The van der Waals surface area contributed by atoms with Crippen molar-refractivity contribution in [2.24, 2.45) is 0 Å². The van der Waals surface area contributed by atoms with Gasteiger partial charge in [-0.25, -0.2) is 8.78 Å². The van der Waals surface area contributed by atoms with Crippen molar-refractivity contribution in [3.05, 3.63) is 71.3 Å². The van der Waals surface area contributed by atoms with Gasteiger partial charge in [-0.15, -0.1) is 0 Å². The van der Waals surface area contributed by atoms with Crippen molar-refractivity contribution in [3.63, 3.8) is 0 Å². The maximum atomic E-state index is 13.3. The Labute approximate surface area is 186 Å². The molecule has 6 nitrogen and oxygen atoms in total. The zero-order valence-electron chi connectivity index (χ0n) is 18.6. The van der Waals surface area contributed by atoms with Crippen LogP contribution < -0.4 is 10.6 Å². The lowest BCUT2D eigenvalue weighted by atomic mass is 10.0. The molecular weight excluding hydrogens is 418 g/mol. The van der Waals surface area contributed by atoms with Gasteiger partial charge in [0, 0.05) is 6.07 Å². The number of hydrogen-bond donors (Lipinski definition) is 2. The minimum atomic E-state index is -0.939. The van der Waals surface area contributed by atoms with E-state index in [0.717, 1.165) is 12.1 Å². The first-order valence-corrected chi connectivity index (χ1v) is 10.2. The van der Waals surface area contributed by atoms with Crippen LogP contribution in [0.2, 0.25) is 0 Å². The van der Waals surface area contributed by atoms with Crippen LogP contribution in [-0.4, -0.2) is 29.4 Å². The SMILES string of the molecule is C[C@H](NC(=O)Cc1cc(F)cc(F)c1)C(=O)N[C@H](CC(=O)OC(C)(C)C)c1ccccc1. The topological polar surface area (TPSA) is 84.5 Å². The van der Waals surface area contributed by atoms with Gasteiger partial charge in [0.15, 0.2) is 0 Å². The van der Waals surface area contributed by atoms with Crippen molar-refractivity contribution < 1.29 is 27.9 Å². The van der Waals surface area contributed by atoms with Crippen molar-refractivity contribution >= 4 is 17.8 Å². The molecule has 2 aromatic rings. The van der Waals surface area contributed by atoms with Gasteiger partial charge in [0.25, 0.3) is 0 Å². The second kappa shape index (κ2) is 10.8. The summed E-state index contributed by atoms with van der Waals surface area (Å²) in [5.74, 6) is -3.13. The maximum Gasteiger partial charge on any atom is 0.308 e. The quantitative estimate of drug-likeness (QED) is 0.607. The molecule has 0 saturated carbocycles. The molecule has 0 aliphatic rings. The van der Waals surface area contributed by atoms with Crippen molar-refractivity contribution in [2.75, 3.05) is 0 Å². The van der Waals surface area contributed by atoms with Gasteiger partial charge in [0.2, 0.25) is 11.8 Å². The predicted molar refractivity (Wildman–Crippen MR) is 115 cm³/mol. The molecule has 172 valence electrons. The minimum absolute atomic E-state index is 0.0870. The smallest absolute Gasteiger partial charge is 0.308 e. The van der Waals surface area contributed by atoms with Crippen LogP contribution in [0.4, 0.5) is 8.78 Å². The third-order valence-corrected chi connectivity index (χ3v) is 4.37. The van der Waals surface area contributed by atoms with Crippen molar-refractivity contribution in [3.8, 4) is 0 Å². The molecule has 0 aromatic heterocycles. The summed E-state index contributed by atoms with van der Waals surface area (Å²) in [4.78, 5) is 37.2. The van der Waals surface area contributed by atoms with Gasteiger partial charge in [-0.1, -0.05) is 30.3 Å². The monoisotopic (exact) mass is 446 g/mol. The van der Waals surface area contributed by atoms with Crippen LogP contribution in [-0.2, 0) is 25.5 Å². The summed E-state index contributed by atoms with van der Waals surface area (Å²) in [5.41, 5.74) is 0.195. The lowest BCUT2D eigenvalue weighted by Crippen LogP contribution is -2.46. The predicted octanol–water partition coefficient (Wildman–Crippen LogP) is 3.60. The molecule has 0 spiro atoms. The zero-order chi connectivity index (χ0) is 23.9. The summed E-state index contributed by atoms with van der Waals surface area (Å²) in [6, 6.07) is 10.2. The number of hydrogen-bond acceptors (Lipinski definition) is 4. The average molecular weight is 446 g/mol. The van der Waals surface area contributed by atoms with E-state index in [2.05, 4.69) is 10.6 Å². The molecule has 8 heteroatoms. The fourth-order valence-electron chi connectivity index (χ4n) is 3.04. The first-order chi connectivity index (χ1) is 14.9. The number of carbonyl (C=O) groups excluding carboxylic acids is 3. The molecule has 0 radical (unpaired) electrons. The van der Waals surface area contributed by atoms with Gasteiger partial charge in [-0.3, -0.25) is 14.4 Å². The molecule has 2 N–H and O–H groups in total. The standard InChI is InChI=1S/C24H28F2N2O4/c1-15(27-21(29)12-16-10-18(25)13-19(26)11-16)23(31)28-20(17-8-6-5-7-9-17)14-22(30)32-24(2,3)4/h5-11,13,15,20H,12,14H2,1-4H3,(H,27,29)(H,28,31)/t15-,20+/m0/s1. The molecule has 0 aliphatic heterocycles. The fourth-order valence-corrected chi connectivity index (χ4v) is 3.04. The first-order valence-electron chi connectivity index (χ1n) is 10.2. The van der Waals surface area contributed by atoms with Crippen LogP contribution in [0.3, 0.4) is 0 Å². The second-order valence-electron chi connectivity index (χ2n) is 8.51. The van der Waals surface area contributed by atoms with E-state index in [-0.39, 0.29) is 18.4 Å². The lowest BCUT2D eigenvalue weighted by molar-refractivity contribution is -0.155. The van der Waals surface area contributed by atoms with E-state index in [0.29, 0.717) is 11.6 Å². The summed E-state index contributed by atoms with van der Waals surface area (Å²) in [6.07, 6.45) is -0.372. The Morgan fingerprint density at radius 2 is 1.56 bits per heavy atom. The molecule has 2 aromatic carbocycles. The van der Waals surface area contributed by atoms with Gasteiger partial charge in [-0.2, -0.15) is 0 Å². The third kappa shape index (κ3) is 8.45. The Balaban J connectivity index is 2.02. The van der Waals surface area contributed by atoms with E-state index in [1.807, 2.05) is 6.07 Å². The number of halogens is 2. The van der Waals surface area contributed by atoms with Gasteiger partial charge in [0.1, 0.15) is 23.3 Å². The van der Waals surface area contributed by atoms with Crippen LogP contribution >= 0.6 is 0 Å². The number of rotatable bonds is 8. The van der Waals surface area contributed by atoms with E-state index in [4.69, 9.17) is 4.74 Å². The van der Waals surface area contributed by atoms with E-state index >= 15 is 0 Å². The summed E-state index contributed by atoms with van der Waals surface area (Å²) < 4.78 is 32.0. The number of nitrogens with one attached hydrogen (secondary N) is 2. The Bertz CT molecular complexity index is 938. The minimum Gasteiger partial charge on any atom is -0.460 e. The molecule has 0 saturated heterocycles. The van der Waals surface area contributed by atoms with Crippen molar-refractivity contribution in [2.45, 2.75) is 58.2 Å². The van der Waals surface area contributed by atoms with Crippen LogP contribution in [0.25, 0.3) is 0 Å². The molecule has 0 fully saturated rings. The summed E-state index contributed by atoms with van der Waals surface area (Å²) in [6.45, 7) is 6.74. The molecule has 2 atom stereocenters. The van der Waals surface area contributed by atoms with Gasteiger partial charge in [-0.05, 0) is 51.0 Å². The van der Waals surface area contributed by atoms with E-state index < -0.39 is 47.1 Å². The molecule has 0 unspecified atom stereocenters. The Morgan fingerprint density at radius 1 is 0.969 bits per heavy atom. The van der Waals surface area contributed by atoms with Crippen LogP contribution in [0.15, 0.2) is 48.5 Å². The second-order valence-corrected chi connectivity index (χ2v) is 8.51. The number of amides is 2. The Morgan fingerprint density at radius 3 is 2.12 bits per heavy atom. The fraction of sp³-hybridized carbons (Fsp3) is 0.375. The lowest BCUT2D eigenvalue weighted by Gasteiger charge is -2.24. The molecule has 0 bridgehead atoms. The summed E-state index contributed by atoms with van der Waals surface area (Å²) >= 11 is 0. The number of carbonyl (C=O) groups is 3. The number of ether oxygens (including phenoxy) is 1. The molecule has 0 aliphatic carbocycles. The van der Waals surface area contributed by atoms with Gasteiger partial charge < -0.3 is 15.4 Å². The zero-order valence-corrected chi connectivity index (χ0v) is 18.6. The van der Waals surface area contributed by atoms with E-state index in [1.54, 1.807) is 45.0 Å². The third-order valence-electron chi connectivity index (χ3n) is 4.37. The first kappa shape index (κ1) is 25.0. The Kier molecular flexibility index (Phi) is 8.46. The normalized spacial score (nSPS) is 13.1. The summed E-state index contributed by atoms with van der Waals surface area (Å²) in [7, 11) is 0. The van der Waals surface area contributed by atoms with Gasteiger partial charge >= 0.3 is 5.97 Å². The Hall–Kier alpha value is -3.29. The number of benzene rings is 2. The average Bonchev–Trinajstić information content (AvgIpc) is 2.65.